The smallest absolute Gasteiger partial charge is 0.160 e. The maximum Gasteiger partial charge on any atom is 0.160 e. The largest absolute Gasteiger partial charge is 0.228 e. The highest BCUT2D eigenvalue weighted by atomic mass is 14.9. The first-order valence-corrected chi connectivity index (χ1v) is 19.5. The van der Waals surface area contributed by atoms with Gasteiger partial charge in [-0.1, -0.05) is 170 Å². The fourth-order valence-corrected chi connectivity index (χ4v) is 8.75. The Balaban J connectivity index is 0.944. The number of benzene rings is 6. The third-order valence-electron chi connectivity index (χ3n) is 11.7. The van der Waals surface area contributed by atoms with Crippen LogP contribution in [0.1, 0.15) is 37.2 Å². The summed E-state index contributed by atoms with van der Waals surface area (Å²) in [5.41, 5.74) is 13.7. The molecule has 4 heteroatoms. The van der Waals surface area contributed by atoms with Gasteiger partial charge in [-0.05, 0) is 65.8 Å². The van der Waals surface area contributed by atoms with E-state index in [4.69, 9.17) is 19.9 Å². The summed E-state index contributed by atoms with van der Waals surface area (Å²) in [6, 6.07) is 61.6. The van der Waals surface area contributed by atoms with Crippen molar-refractivity contribution in [3.05, 3.63) is 181 Å². The molecule has 0 saturated heterocycles. The fraction of sp³-hybridized carbons (Fsp3) is 0.137. The molecule has 4 nitrogen and oxygen atoms in total. The van der Waals surface area contributed by atoms with Crippen LogP contribution in [0.25, 0.3) is 78.9 Å². The van der Waals surface area contributed by atoms with Crippen molar-refractivity contribution >= 4 is 0 Å². The van der Waals surface area contributed by atoms with Gasteiger partial charge >= 0.3 is 0 Å². The van der Waals surface area contributed by atoms with Gasteiger partial charge in [0, 0.05) is 33.4 Å². The molecular formula is C51H40N4. The van der Waals surface area contributed by atoms with Crippen molar-refractivity contribution in [2.45, 2.75) is 31.6 Å². The van der Waals surface area contributed by atoms with Crippen molar-refractivity contribution in [1.82, 2.24) is 19.9 Å². The molecule has 2 heterocycles. The van der Waals surface area contributed by atoms with Crippen LogP contribution in [-0.4, -0.2) is 19.9 Å². The molecule has 2 saturated carbocycles. The number of nitrogens with zero attached hydrogens (tertiary/aromatic N) is 4. The minimum atomic E-state index is 0.705. The number of fused-ring (bicyclic) bond motifs is 2. The predicted octanol–water partition coefficient (Wildman–Crippen LogP) is 12.8. The lowest BCUT2D eigenvalue weighted by atomic mass is 9.83. The van der Waals surface area contributed by atoms with Crippen LogP contribution in [0.3, 0.4) is 0 Å². The van der Waals surface area contributed by atoms with E-state index >= 15 is 0 Å². The fourth-order valence-electron chi connectivity index (χ4n) is 8.75. The second-order valence-electron chi connectivity index (χ2n) is 15.1. The first-order valence-electron chi connectivity index (χ1n) is 19.5. The number of hydrogen-bond acceptors (Lipinski definition) is 4. The molecule has 2 fully saturated rings. The van der Waals surface area contributed by atoms with E-state index in [9.17, 15) is 0 Å². The molecule has 2 aliphatic carbocycles. The molecular weight excluding hydrogens is 669 g/mol. The van der Waals surface area contributed by atoms with Crippen LogP contribution < -0.4 is 0 Å². The third kappa shape index (κ3) is 6.77. The van der Waals surface area contributed by atoms with Crippen LogP contribution in [0.4, 0.5) is 0 Å². The van der Waals surface area contributed by atoms with Gasteiger partial charge in [-0.25, -0.2) is 19.9 Å². The SMILES string of the molecule is c1ccc(-c2cc(-c3ccccc3)nc(-c3ccc(-c4ccc(-c5cc(-c6ccc(C7CC8CCC7C8)cc6)nc(-c6ccccc6)n5)cc4)cc3)n2)cc1. The predicted molar refractivity (Wildman–Crippen MR) is 224 cm³/mol. The monoisotopic (exact) mass is 708 g/mol. The molecule has 0 spiro atoms. The van der Waals surface area contributed by atoms with Crippen LogP contribution in [0, 0.1) is 11.8 Å². The van der Waals surface area contributed by atoms with E-state index in [0.717, 1.165) is 90.9 Å². The Bertz CT molecular complexity index is 2510. The number of aromatic nitrogens is 4. The molecule has 2 aromatic heterocycles. The Kier molecular flexibility index (Phi) is 8.64. The molecule has 0 aliphatic heterocycles. The van der Waals surface area contributed by atoms with Crippen molar-refractivity contribution in [2.75, 3.05) is 0 Å². The third-order valence-corrected chi connectivity index (χ3v) is 11.7. The molecule has 3 atom stereocenters. The van der Waals surface area contributed by atoms with Crippen LogP contribution in [-0.2, 0) is 0 Å². The van der Waals surface area contributed by atoms with Gasteiger partial charge in [0.05, 0.1) is 22.8 Å². The van der Waals surface area contributed by atoms with E-state index < -0.39 is 0 Å². The first-order chi connectivity index (χ1) is 27.2. The Morgan fingerprint density at radius 2 is 0.691 bits per heavy atom. The van der Waals surface area contributed by atoms with Gasteiger partial charge in [-0.3, -0.25) is 0 Å². The Labute approximate surface area is 322 Å². The van der Waals surface area contributed by atoms with Crippen molar-refractivity contribution in [3.63, 3.8) is 0 Å². The van der Waals surface area contributed by atoms with Crippen LogP contribution in [0.2, 0.25) is 0 Å². The molecule has 0 radical (unpaired) electrons. The van der Waals surface area contributed by atoms with Gasteiger partial charge in [-0.15, -0.1) is 0 Å². The van der Waals surface area contributed by atoms with Gasteiger partial charge < -0.3 is 0 Å². The molecule has 3 unspecified atom stereocenters. The van der Waals surface area contributed by atoms with E-state index in [1.807, 2.05) is 54.6 Å². The highest BCUT2D eigenvalue weighted by Gasteiger charge is 2.40. The van der Waals surface area contributed by atoms with Crippen LogP contribution in [0.15, 0.2) is 176 Å². The highest BCUT2D eigenvalue weighted by Crippen LogP contribution is 2.53. The van der Waals surface area contributed by atoms with E-state index in [-0.39, 0.29) is 0 Å². The zero-order valence-corrected chi connectivity index (χ0v) is 30.6. The average Bonchev–Trinajstić information content (AvgIpc) is 3.92. The molecule has 10 rings (SSSR count). The van der Waals surface area contributed by atoms with Gasteiger partial charge in [0.2, 0.25) is 0 Å². The molecule has 0 N–H and O–H groups in total. The molecule has 2 aliphatic rings. The second kappa shape index (κ2) is 14.4. The molecule has 0 amide bonds. The summed E-state index contributed by atoms with van der Waals surface area (Å²) in [6.07, 6.45) is 5.59. The van der Waals surface area contributed by atoms with Gasteiger partial charge in [0.15, 0.2) is 11.6 Å². The van der Waals surface area contributed by atoms with Crippen molar-refractivity contribution < 1.29 is 0 Å². The molecule has 6 aromatic carbocycles. The number of hydrogen-bond donors (Lipinski definition) is 0. The summed E-state index contributed by atoms with van der Waals surface area (Å²) in [4.78, 5) is 20.2. The van der Waals surface area contributed by atoms with E-state index in [1.165, 1.54) is 31.2 Å². The highest BCUT2D eigenvalue weighted by molar-refractivity contribution is 5.76. The molecule has 264 valence electrons. The maximum absolute atomic E-state index is 5.09. The summed E-state index contributed by atoms with van der Waals surface area (Å²) >= 11 is 0. The summed E-state index contributed by atoms with van der Waals surface area (Å²) < 4.78 is 0. The van der Waals surface area contributed by atoms with Crippen molar-refractivity contribution in [2.24, 2.45) is 11.8 Å². The Morgan fingerprint density at radius 1 is 0.327 bits per heavy atom. The van der Waals surface area contributed by atoms with E-state index in [2.05, 4.69) is 121 Å². The Morgan fingerprint density at radius 3 is 1.11 bits per heavy atom. The lowest BCUT2D eigenvalue weighted by Gasteiger charge is -2.22. The van der Waals surface area contributed by atoms with Gasteiger partial charge in [-0.2, -0.15) is 0 Å². The Hall–Kier alpha value is -6.52. The summed E-state index contributed by atoms with van der Waals surface area (Å²) in [5.74, 6) is 3.96. The first kappa shape index (κ1) is 33.1. The summed E-state index contributed by atoms with van der Waals surface area (Å²) in [6.45, 7) is 0. The zero-order valence-electron chi connectivity index (χ0n) is 30.6. The lowest BCUT2D eigenvalue weighted by molar-refractivity contribution is 0.420. The van der Waals surface area contributed by atoms with Crippen molar-refractivity contribution in [3.8, 4) is 78.9 Å². The molecule has 8 aromatic rings. The average molecular weight is 709 g/mol. The second-order valence-corrected chi connectivity index (χ2v) is 15.1. The van der Waals surface area contributed by atoms with Crippen molar-refractivity contribution in [1.29, 1.82) is 0 Å². The topological polar surface area (TPSA) is 51.6 Å². The maximum atomic E-state index is 5.09. The molecule has 55 heavy (non-hydrogen) atoms. The van der Waals surface area contributed by atoms with E-state index in [0.29, 0.717) is 5.82 Å². The van der Waals surface area contributed by atoms with Gasteiger partial charge in [0.1, 0.15) is 0 Å². The van der Waals surface area contributed by atoms with Crippen LogP contribution in [0.5, 0.6) is 0 Å². The lowest BCUT2D eigenvalue weighted by Crippen LogP contribution is -2.08. The van der Waals surface area contributed by atoms with Gasteiger partial charge in [0.25, 0.3) is 0 Å². The quantitative estimate of drug-likeness (QED) is 0.158. The standard InChI is InChI=1S/C51H40N4/c1-4-10-38(11-5-1)46-32-47(39-12-6-2-7-13-39)53-51(52-46)43-28-20-36(21-29-43)35-18-24-40(25-19-35)48-33-49(55-50(54-48)42-14-8-3-9-15-42)41-26-22-37(23-27-41)45-31-34-16-17-44(45)30-34/h1-15,18-29,32-34,44-45H,16-17,30-31H2. The summed E-state index contributed by atoms with van der Waals surface area (Å²) in [7, 11) is 0. The summed E-state index contributed by atoms with van der Waals surface area (Å²) in [5, 5.41) is 0. The minimum Gasteiger partial charge on any atom is -0.228 e. The van der Waals surface area contributed by atoms with E-state index in [1.54, 1.807) is 0 Å². The molecule has 2 bridgehead atoms. The normalized spacial score (nSPS) is 17.3. The number of rotatable bonds is 8. The minimum absolute atomic E-state index is 0.705. The zero-order chi connectivity index (χ0) is 36.6. The van der Waals surface area contributed by atoms with Crippen LogP contribution >= 0.6 is 0 Å².